The maximum Gasteiger partial charge on any atom is 0.247 e. The third-order valence-corrected chi connectivity index (χ3v) is 4.87. The summed E-state index contributed by atoms with van der Waals surface area (Å²) in [5, 5.41) is 8.24. The fourth-order valence-electron chi connectivity index (χ4n) is 3.20. The minimum absolute atomic E-state index is 0.0269. The van der Waals surface area contributed by atoms with Crippen LogP contribution in [0.1, 0.15) is 18.7 Å². The number of anilines is 1. The fraction of sp³-hybridized carbons (Fsp3) is 0.350. The number of piperazine rings is 1. The number of benzene rings is 1. The zero-order valence-corrected chi connectivity index (χ0v) is 16.3. The van der Waals surface area contributed by atoms with Gasteiger partial charge in [-0.2, -0.15) is 0 Å². The van der Waals surface area contributed by atoms with Crippen LogP contribution in [-0.4, -0.2) is 61.9 Å². The normalized spacial score (nSPS) is 15.2. The number of ether oxygens (including phenoxy) is 1. The number of amides is 1. The summed E-state index contributed by atoms with van der Waals surface area (Å²) < 4.78 is 7.28. The van der Waals surface area contributed by atoms with Crippen LogP contribution in [0.3, 0.4) is 0 Å². The molecular weight excluding hydrogens is 370 g/mol. The molecule has 1 atom stereocenters. The van der Waals surface area contributed by atoms with E-state index in [9.17, 15) is 4.79 Å². The number of nitrogens with zero attached hydrogens (tertiary/aromatic N) is 7. The van der Waals surface area contributed by atoms with Crippen LogP contribution in [0.15, 0.2) is 55.0 Å². The van der Waals surface area contributed by atoms with E-state index in [0.29, 0.717) is 44.4 Å². The zero-order valence-electron chi connectivity index (χ0n) is 16.3. The number of carbonyl (C=O) groups is 1. The van der Waals surface area contributed by atoms with Crippen molar-refractivity contribution in [1.29, 1.82) is 0 Å². The van der Waals surface area contributed by atoms with Gasteiger partial charge in [-0.15, -0.1) is 5.10 Å². The summed E-state index contributed by atoms with van der Waals surface area (Å²) in [4.78, 5) is 25.4. The van der Waals surface area contributed by atoms with Crippen LogP contribution in [-0.2, 0) is 11.4 Å². The molecule has 1 amide bonds. The van der Waals surface area contributed by atoms with Crippen molar-refractivity contribution in [3.8, 4) is 5.75 Å². The Bertz CT molecular complexity index is 924. The van der Waals surface area contributed by atoms with E-state index >= 15 is 0 Å². The van der Waals surface area contributed by atoms with Crippen LogP contribution in [0, 0.1) is 0 Å². The largest absolute Gasteiger partial charge is 0.487 e. The molecule has 0 aliphatic carbocycles. The Morgan fingerprint density at radius 2 is 1.79 bits per heavy atom. The molecule has 1 saturated heterocycles. The molecule has 2 aromatic heterocycles. The lowest BCUT2D eigenvalue weighted by molar-refractivity contribution is -0.134. The van der Waals surface area contributed by atoms with E-state index in [1.807, 2.05) is 42.2 Å². The summed E-state index contributed by atoms with van der Waals surface area (Å²) in [5.74, 6) is 1.50. The summed E-state index contributed by atoms with van der Waals surface area (Å²) in [6, 6.07) is 10.9. The fourth-order valence-corrected chi connectivity index (χ4v) is 3.20. The second kappa shape index (κ2) is 8.68. The highest BCUT2D eigenvalue weighted by molar-refractivity contribution is 5.80. The van der Waals surface area contributed by atoms with Gasteiger partial charge in [0.1, 0.15) is 24.1 Å². The first-order valence-electron chi connectivity index (χ1n) is 9.60. The van der Waals surface area contributed by atoms with Crippen LogP contribution >= 0.6 is 0 Å². The van der Waals surface area contributed by atoms with Crippen molar-refractivity contribution in [3.63, 3.8) is 0 Å². The van der Waals surface area contributed by atoms with E-state index in [0.717, 1.165) is 5.75 Å². The number of aromatic nitrogens is 5. The molecular formula is C20H23N7O2. The quantitative estimate of drug-likeness (QED) is 0.628. The Morgan fingerprint density at radius 3 is 2.52 bits per heavy atom. The average molecular weight is 393 g/mol. The van der Waals surface area contributed by atoms with Gasteiger partial charge < -0.3 is 14.5 Å². The molecule has 29 heavy (non-hydrogen) atoms. The number of hydrogen-bond acceptors (Lipinski definition) is 7. The van der Waals surface area contributed by atoms with Gasteiger partial charge in [0.15, 0.2) is 0 Å². The maximum atomic E-state index is 12.9. The van der Waals surface area contributed by atoms with Gasteiger partial charge in [0.05, 0.1) is 6.20 Å². The average Bonchev–Trinajstić information content (AvgIpc) is 3.27. The second-order valence-electron chi connectivity index (χ2n) is 6.83. The highest BCUT2D eigenvalue weighted by Crippen LogP contribution is 2.15. The highest BCUT2D eigenvalue weighted by atomic mass is 16.5. The van der Waals surface area contributed by atoms with Gasteiger partial charge >= 0.3 is 0 Å². The molecule has 9 heteroatoms. The van der Waals surface area contributed by atoms with Crippen molar-refractivity contribution in [2.75, 3.05) is 31.1 Å². The van der Waals surface area contributed by atoms with Crippen LogP contribution in [0.25, 0.3) is 0 Å². The third-order valence-electron chi connectivity index (χ3n) is 4.87. The van der Waals surface area contributed by atoms with Crippen molar-refractivity contribution in [2.24, 2.45) is 0 Å². The molecule has 1 aliphatic rings. The molecule has 3 aromatic rings. The van der Waals surface area contributed by atoms with Crippen LogP contribution < -0.4 is 9.64 Å². The van der Waals surface area contributed by atoms with Gasteiger partial charge in [0.25, 0.3) is 0 Å². The van der Waals surface area contributed by atoms with Crippen molar-refractivity contribution in [2.45, 2.75) is 19.6 Å². The van der Waals surface area contributed by atoms with Crippen molar-refractivity contribution in [1.82, 2.24) is 29.9 Å². The van der Waals surface area contributed by atoms with Crippen LogP contribution in [0.2, 0.25) is 0 Å². The molecule has 0 radical (unpaired) electrons. The number of hydrogen-bond donors (Lipinski definition) is 0. The summed E-state index contributed by atoms with van der Waals surface area (Å²) in [6.45, 7) is 4.80. The topological polar surface area (TPSA) is 89.3 Å². The Hall–Kier alpha value is -3.49. The highest BCUT2D eigenvalue weighted by Gasteiger charge is 2.27. The minimum atomic E-state index is -0.424. The summed E-state index contributed by atoms with van der Waals surface area (Å²) in [6.07, 6.45) is 5.22. The summed E-state index contributed by atoms with van der Waals surface area (Å²) >= 11 is 0. The van der Waals surface area contributed by atoms with Crippen molar-refractivity contribution >= 4 is 11.9 Å². The number of rotatable bonds is 6. The van der Waals surface area contributed by atoms with E-state index in [1.54, 1.807) is 29.3 Å². The smallest absolute Gasteiger partial charge is 0.247 e. The Kier molecular flexibility index (Phi) is 5.64. The Labute approximate surface area is 168 Å². The third kappa shape index (κ3) is 4.50. The first-order chi connectivity index (χ1) is 14.2. The molecule has 1 aromatic carbocycles. The first kappa shape index (κ1) is 18.9. The molecule has 3 heterocycles. The molecule has 9 nitrogen and oxygen atoms in total. The molecule has 1 unspecified atom stereocenters. The van der Waals surface area contributed by atoms with Gasteiger partial charge in [-0.1, -0.05) is 23.4 Å². The lowest BCUT2D eigenvalue weighted by atomic mass is 10.2. The molecule has 0 N–H and O–H groups in total. The van der Waals surface area contributed by atoms with E-state index in [4.69, 9.17) is 4.74 Å². The van der Waals surface area contributed by atoms with Gasteiger partial charge in [-0.3, -0.25) is 4.79 Å². The SMILES string of the molecule is CC(C(=O)N1CCN(c2ncccn2)CC1)n1cc(COc2ccccc2)nn1. The second-order valence-corrected chi connectivity index (χ2v) is 6.83. The van der Waals surface area contributed by atoms with Crippen LogP contribution in [0.5, 0.6) is 5.75 Å². The number of carbonyl (C=O) groups excluding carboxylic acids is 1. The maximum absolute atomic E-state index is 12.9. The molecule has 0 spiro atoms. The number of para-hydroxylation sites is 1. The Morgan fingerprint density at radius 1 is 1.07 bits per heavy atom. The van der Waals surface area contributed by atoms with Crippen molar-refractivity contribution in [3.05, 3.63) is 60.7 Å². The molecule has 4 rings (SSSR count). The van der Waals surface area contributed by atoms with Crippen molar-refractivity contribution < 1.29 is 9.53 Å². The first-order valence-corrected chi connectivity index (χ1v) is 9.60. The Balaban J connectivity index is 1.31. The van der Waals surface area contributed by atoms with Gasteiger partial charge in [-0.05, 0) is 25.1 Å². The van der Waals surface area contributed by atoms with Crippen LogP contribution in [0.4, 0.5) is 5.95 Å². The standard InChI is InChI=1S/C20H23N7O2/c1-16(27-14-17(23-24-27)15-29-18-6-3-2-4-7-18)19(28)25-10-12-26(13-11-25)20-21-8-5-9-22-20/h2-9,14,16H,10-13,15H2,1H3. The summed E-state index contributed by atoms with van der Waals surface area (Å²) in [7, 11) is 0. The van der Waals surface area contributed by atoms with E-state index in [2.05, 4.69) is 25.2 Å². The van der Waals surface area contributed by atoms with Gasteiger partial charge in [-0.25, -0.2) is 14.6 Å². The van der Waals surface area contributed by atoms with Gasteiger partial charge in [0, 0.05) is 38.6 Å². The molecule has 150 valence electrons. The van der Waals surface area contributed by atoms with Gasteiger partial charge in [0.2, 0.25) is 11.9 Å². The molecule has 1 aliphatic heterocycles. The summed E-state index contributed by atoms with van der Waals surface area (Å²) in [5.41, 5.74) is 0.680. The lowest BCUT2D eigenvalue weighted by Gasteiger charge is -2.35. The predicted octanol–water partition coefficient (Wildman–Crippen LogP) is 1.56. The van der Waals surface area contributed by atoms with E-state index < -0.39 is 6.04 Å². The lowest BCUT2D eigenvalue weighted by Crippen LogP contribution is -2.50. The van der Waals surface area contributed by atoms with E-state index in [1.165, 1.54) is 0 Å². The predicted molar refractivity (Wildman–Crippen MR) is 106 cm³/mol. The molecule has 0 saturated carbocycles. The molecule has 0 bridgehead atoms. The zero-order chi connectivity index (χ0) is 20.1. The minimum Gasteiger partial charge on any atom is -0.487 e. The molecule has 1 fully saturated rings. The monoisotopic (exact) mass is 393 g/mol. The van der Waals surface area contributed by atoms with E-state index in [-0.39, 0.29) is 5.91 Å².